The fourth-order valence-corrected chi connectivity index (χ4v) is 2.93. The number of rotatable bonds is 4. The van der Waals surface area contributed by atoms with Crippen LogP contribution in [-0.2, 0) is 4.79 Å². The molecule has 102 valence electrons. The molecule has 0 bridgehead atoms. The molecule has 5 heteroatoms. The molecule has 1 heterocycles. The van der Waals surface area contributed by atoms with E-state index in [-0.39, 0.29) is 5.91 Å². The van der Waals surface area contributed by atoms with Gasteiger partial charge in [0, 0.05) is 32.7 Å². The van der Waals surface area contributed by atoms with Crippen molar-refractivity contribution in [1.29, 1.82) is 0 Å². The van der Waals surface area contributed by atoms with Crippen molar-refractivity contribution < 1.29 is 4.79 Å². The van der Waals surface area contributed by atoms with Gasteiger partial charge in [-0.05, 0) is 18.8 Å². The molecule has 18 heavy (non-hydrogen) atoms. The topological polar surface area (TPSA) is 49.6 Å². The molecule has 0 spiro atoms. The lowest BCUT2D eigenvalue weighted by Crippen LogP contribution is -2.53. The molecule has 1 saturated carbocycles. The average molecular weight is 269 g/mol. The third kappa shape index (κ3) is 2.67. The Morgan fingerprint density at radius 3 is 2.22 bits per heavy atom. The smallest absolute Gasteiger partial charge is 0.235 e. The third-order valence-corrected chi connectivity index (χ3v) is 4.30. The van der Waals surface area contributed by atoms with Crippen LogP contribution in [0.1, 0.15) is 26.7 Å². The van der Waals surface area contributed by atoms with Crippen molar-refractivity contribution in [1.82, 2.24) is 9.80 Å². The molecule has 2 rings (SSSR count). The molecular formula is C13H23N3OS. The molecule has 2 N–H and O–H groups in total. The zero-order chi connectivity index (χ0) is 13.3. The number of piperazine rings is 1. The molecule has 1 saturated heterocycles. The van der Waals surface area contributed by atoms with Crippen LogP contribution in [0.5, 0.6) is 0 Å². The molecule has 1 aliphatic heterocycles. The average Bonchev–Trinajstić information content (AvgIpc) is 3.09. The quantitative estimate of drug-likeness (QED) is 0.769. The summed E-state index contributed by atoms with van der Waals surface area (Å²) in [5, 5.41) is 0. The fourth-order valence-electron chi connectivity index (χ4n) is 2.64. The number of nitrogens with two attached hydrogens (primary N) is 1. The van der Waals surface area contributed by atoms with Gasteiger partial charge in [0.15, 0.2) is 0 Å². The standard InChI is InChI=1S/C13H23N3OS/c1-10(2)9-15-5-7-16(8-6-15)12(17)13(3-4-13)11(14)18/h10H,3-9H2,1-2H3,(H2,14,18). The molecule has 1 amide bonds. The minimum atomic E-state index is -0.477. The van der Waals surface area contributed by atoms with Gasteiger partial charge in [-0.2, -0.15) is 0 Å². The molecule has 0 aromatic heterocycles. The summed E-state index contributed by atoms with van der Waals surface area (Å²) in [4.78, 5) is 17.2. The minimum Gasteiger partial charge on any atom is -0.392 e. The number of hydrogen-bond acceptors (Lipinski definition) is 3. The lowest BCUT2D eigenvalue weighted by atomic mass is 10.0. The van der Waals surface area contributed by atoms with Crippen molar-refractivity contribution in [3.8, 4) is 0 Å². The van der Waals surface area contributed by atoms with Gasteiger partial charge < -0.3 is 10.6 Å². The molecule has 2 aliphatic rings. The first-order valence-corrected chi connectivity index (χ1v) is 7.18. The molecule has 0 aromatic carbocycles. The van der Waals surface area contributed by atoms with Gasteiger partial charge in [-0.1, -0.05) is 26.1 Å². The number of carbonyl (C=O) groups excluding carboxylic acids is 1. The third-order valence-electron chi connectivity index (χ3n) is 3.91. The van der Waals surface area contributed by atoms with E-state index in [2.05, 4.69) is 18.7 Å². The van der Waals surface area contributed by atoms with E-state index in [1.54, 1.807) is 0 Å². The molecule has 0 radical (unpaired) electrons. The van der Waals surface area contributed by atoms with E-state index in [1.165, 1.54) is 0 Å². The van der Waals surface area contributed by atoms with Gasteiger partial charge in [-0.3, -0.25) is 9.69 Å². The van der Waals surface area contributed by atoms with Gasteiger partial charge in [0.25, 0.3) is 0 Å². The van der Waals surface area contributed by atoms with Crippen molar-refractivity contribution in [3.05, 3.63) is 0 Å². The Balaban J connectivity index is 1.87. The van der Waals surface area contributed by atoms with Crippen LogP contribution in [0.25, 0.3) is 0 Å². The molecule has 1 aliphatic carbocycles. The van der Waals surface area contributed by atoms with Gasteiger partial charge in [-0.25, -0.2) is 0 Å². The number of hydrogen-bond donors (Lipinski definition) is 1. The Hall–Kier alpha value is -0.680. The normalized spacial score (nSPS) is 23.2. The van der Waals surface area contributed by atoms with Crippen LogP contribution in [0.15, 0.2) is 0 Å². The fraction of sp³-hybridized carbons (Fsp3) is 0.846. The van der Waals surface area contributed by atoms with Gasteiger partial charge in [-0.15, -0.1) is 0 Å². The van der Waals surface area contributed by atoms with Crippen molar-refractivity contribution in [2.24, 2.45) is 17.1 Å². The maximum Gasteiger partial charge on any atom is 0.235 e. The van der Waals surface area contributed by atoms with E-state index in [0.29, 0.717) is 10.9 Å². The van der Waals surface area contributed by atoms with Gasteiger partial charge in [0.2, 0.25) is 5.91 Å². The molecule has 0 aromatic rings. The lowest BCUT2D eigenvalue weighted by molar-refractivity contribution is -0.136. The summed E-state index contributed by atoms with van der Waals surface area (Å²) >= 11 is 5.04. The van der Waals surface area contributed by atoms with Crippen molar-refractivity contribution in [3.63, 3.8) is 0 Å². The Kier molecular flexibility index (Phi) is 3.92. The summed E-state index contributed by atoms with van der Waals surface area (Å²) in [6.45, 7) is 9.14. The Labute approximate surface area is 114 Å². The van der Waals surface area contributed by atoms with Crippen LogP contribution in [-0.4, -0.2) is 53.4 Å². The molecular weight excluding hydrogens is 246 g/mol. The second-order valence-corrected chi connectivity index (χ2v) is 6.37. The highest BCUT2D eigenvalue weighted by molar-refractivity contribution is 7.80. The number of nitrogens with zero attached hydrogens (tertiary/aromatic N) is 2. The van der Waals surface area contributed by atoms with Crippen LogP contribution >= 0.6 is 12.2 Å². The summed E-state index contributed by atoms with van der Waals surface area (Å²) in [6.07, 6.45) is 1.68. The highest BCUT2D eigenvalue weighted by Gasteiger charge is 2.54. The van der Waals surface area contributed by atoms with E-state index in [1.807, 2.05) is 4.90 Å². The lowest BCUT2D eigenvalue weighted by Gasteiger charge is -2.37. The van der Waals surface area contributed by atoms with Crippen molar-refractivity contribution >= 4 is 23.1 Å². The Morgan fingerprint density at radius 2 is 1.83 bits per heavy atom. The summed E-state index contributed by atoms with van der Waals surface area (Å²) in [6, 6.07) is 0. The molecule has 2 fully saturated rings. The van der Waals surface area contributed by atoms with E-state index >= 15 is 0 Å². The summed E-state index contributed by atoms with van der Waals surface area (Å²) in [5.74, 6) is 0.845. The summed E-state index contributed by atoms with van der Waals surface area (Å²) in [7, 11) is 0. The van der Waals surface area contributed by atoms with Gasteiger partial charge in [0.05, 0.1) is 10.4 Å². The van der Waals surface area contributed by atoms with Crippen LogP contribution in [0.2, 0.25) is 0 Å². The van der Waals surface area contributed by atoms with Crippen LogP contribution in [0.4, 0.5) is 0 Å². The van der Waals surface area contributed by atoms with Gasteiger partial charge in [0.1, 0.15) is 0 Å². The highest BCUT2D eigenvalue weighted by Crippen LogP contribution is 2.47. The number of thiocarbonyl (C=S) groups is 1. The Morgan fingerprint density at radius 1 is 1.28 bits per heavy atom. The van der Waals surface area contributed by atoms with Crippen molar-refractivity contribution in [2.75, 3.05) is 32.7 Å². The Bertz CT molecular complexity index is 344. The first kappa shape index (κ1) is 13.7. The van der Waals surface area contributed by atoms with Gasteiger partial charge >= 0.3 is 0 Å². The van der Waals surface area contributed by atoms with Crippen LogP contribution in [0, 0.1) is 11.3 Å². The van der Waals surface area contributed by atoms with Crippen LogP contribution < -0.4 is 5.73 Å². The largest absolute Gasteiger partial charge is 0.392 e. The highest BCUT2D eigenvalue weighted by atomic mass is 32.1. The minimum absolute atomic E-state index is 0.166. The number of carbonyl (C=O) groups is 1. The zero-order valence-corrected chi connectivity index (χ0v) is 12.1. The second-order valence-electron chi connectivity index (χ2n) is 5.93. The SMILES string of the molecule is CC(C)CN1CCN(C(=O)C2(C(N)=S)CC2)CC1. The maximum absolute atomic E-state index is 12.4. The number of amides is 1. The first-order chi connectivity index (χ1) is 8.45. The monoisotopic (exact) mass is 269 g/mol. The second kappa shape index (κ2) is 5.13. The maximum atomic E-state index is 12.4. The van der Waals surface area contributed by atoms with E-state index in [4.69, 9.17) is 18.0 Å². The van der Waals surface area contributed by atoms with Crippen LogP contribution in [0.3, 0.4) is 0 Å². The molecule has 0 unspecified atom stereocenters. The van der Waals surface area contributed by atoms with E-state index in [0.717, 1.165) is 45.6 Å². The zero-order valence-electron chi connectivity index (χ0n) is 11.3. The van der Waals surface area contributed by atoms with E-state index < -0.39 is 5.41 Å². The van der Waals surface area contributed by atoms with E-state index in [9.17, 15) is 4.79 Å². The van der Waals surface area contributed by atoms with Crippen molar-refractivity contribution in [2.45, 2.75) is 26.7 Å². The predicted molar refractivity (Wildman–Crippen MR) is 76.3 cm³/mol. The summed E-state index contributed by atoms with van der Waals surface area (Å²) in [5.41, 5.74) is 5.23. The molecule has 4 nitrogen and oxygen atoms in total. The summed E-state index contributed by atoms with van der Waals surface area (Å²) < 4.78 is 0. The molecule has 0 atom stereocenters. The predicted octanol–water partition coefficient (Wildman–Crippen LogP) is 0.853. The first-order valence-electron chi connectivity index (χ1n) is 6.77.